The summed E-state index contributed by atoms with van der Waals surface area (Å²) in [5.74, 6) is 1.55. The van der Waals surface area contributed by atoms with Crippen LogP contribution in [0.2, 0.25) is 0 Å². The van der Waals surface area contributed by atoms with Gasteiger partial charge in [-0.15, -0.1) is 0 Å². The first-order valence-corrected chi connectivity index (χ1v) is 5.32. The number of hydrogen-bond acceptors (Lipinski definition) is 3. The monoisotopic (exact) mass is 175 g/mol. The molecule has 1 heterocycles. The van der Waals surface area contributed by atoms with Crippen LogP contribution in [0.1, 0.15) is 6.42 Å². The molecular weight excluding hydrogens is 162 g/mol. The molecule has 0 saturated carbocycles. The SMILES string of the molecule is O=CCCN1CCS(=O)CC1. The lowest BCUT2D eigenvalue weighted by Crippen LogP contribution is -2.38. The minimum absolute atomic E-state index is 0.596. The maximum atomic E-state index is 10.9. The van der Waals surface area contributed by atoms with E-state index in [1.165, 1.54) is 0 Å². The van der Waals surface area contributed by atoms with Crippen LogP contribution in [0.5, 0.6) is 0 Å². The predicted molar refractivity (Wildman–Crippen MR) is 45.0 cm³/mol. The lowest BCUT2D eigenvalue weighted by atomic mass is 10.4. The van der Waals surface area contributed by atoms with Gasteiger partial charge in [-0.05, 0) is 0 Å². The van der Waals surface area contributed by atoms with Gasteiger partial charge in [0.2, 0.25) is 0 Å². The van der Waals surface area contributed by atoms with E-state index in [4.69, 9.17) is 0 Å². The van der Waals surface area contributed by atoms with Crippen LogP contribution in [0.15, 0.2) is 0 Å². The van der Waals surface area contributed by atoms with Crippen LogP contribution in [0.4, 0.5) is 0 Å². The molecule has 0 unspecified atom stereocenters. The molecule has 0 N–H and O–H groups in total. The molecule has 1 aliphatic heterocycles. The molecule has 0 atom stereocenters. The smallest absolute Gasteiger partial charge is 0.121 e. The maximum absolute atomic E-state index is 10.9. The Labute approximate surface area is 69.2 Å². The first kappa shape index (κ1) is 8.87. The summed E-state index contributed by atoms with van der Waals surface area (Å²) in [6.45, 7) is 2.61. The van der Waals surface area contributed by atoms with Crippen molar-refractivity contribution >= 4 is 17.1 Å². The minimum atomic E-state index is -0.596. The van der Waals surface area contributed by atoms with Crippen molar-refractivity contribution < 1.29 is 9.00 Å². The Morgan fingerprint density at radius 2 is 2.00 bits per heavy atom. The topological polar surface area (TPSA) is 37.4 Å². The normalized spacial score (nSPS) is 21.8. The highest BCUT2D eigenvalue weighted by atomic mass is 32.2. The average molecular weight is 175 g/mol. The Morgan fingerprint density at radius 1 is 1.36 bits per heavy atom. The van der Waals surface area contributed by atoms with Crippen molar-refractivity contribution in [3.8, 4) is 0 Å². The van der Waals surface area contributed by atoms with Crippen LogP contribution < -0.4 is 0 Å². The summed E-state index contributed by atoms with van der Waals surface area (Å²) in [7, 11) is -0.596. The summed E-state index contributed by atoms with van der Waals surface area (Å²) >= 11 is 0. The van der Waals surface area contributed by atoms with Crippen LogP contribution in [0.25, 0.3) is 0 Å². The van der Waals surface area contributed by atoms with Gasteiger partial charge in [-0.3, -0.25) is 4.21 Å². The Bertz CT molecular complexity index is 148. The fourth-order valence-electron chi connectivity index (χ4n) is 1.13. The van der Waals surface area contributed by atoms with Crippen LogP contribution in [0.3, 0.4) is 0 Å². The molecule has 3 nitrogen and oxygen atoms in total. The second-order valence-electron chi connectivity index (χ2n) is 2.65. The standard InChI is InChI=1S/C7H13NO2S/c9-5-1-2-8-3-6-11(10)7-4-8/h5H,1-4,6-7H2. The molecule has 0 radical (unpaired) electrons. The molecule has 1 saturated heterocycles. The average Bonchev–Trinajstić information content (AvgIpc) is 2.04. The van der Waals surface area contributed by atoms with Gasteiger partial charge in [0, 0.05) is 48.4 Å². The zero-order chi connectivity index (χ0) is 8.10. The van der Waals surface area contributed by atoms with Gasteiger partial charge < -0.3 is 9.69 Å². The summed E-state index contributed by atoms with van der Waals surface area (Å²) in [5, 5.41) is 0. The van der Waals surface area contributed by atoms with Gasteiger partial charge in [0.05, 0.1) is 0 Å². The number of hydrogen-bond donors (Lipinski definition) is 0. The van der Waals surface area contributed by atoms with Crippen molar-refractivity contribution in [2.75, 3.05) is 31.1 Å². The molecule has 0 aromatic carbocycles. The summed E-state index contributed by atoms with van der Waals surface area (Å²) in [4.78, 5) is 12.2. The third-order valence-corrected chi connectivity index (χ3v) is 3.11. The van der Waals surface area contributed by atoms with Crippen molar-refractivity contribution in [3.05, 3.63) is 0 Å². The molecule has 11 heavy (non-hydrogen) atoms. The van der Waals surface area contributed by atoms with Crippen molar-refractivity contribution in [1.29, 1.82) is 0 Å². The molecule has 4 heteroatoms. The van der Waals surface area contributed by atoms with Gasteiger partial charge in [0.25, 0.3) is 0 Å². The third-order valence-electron chi connectivity index (χ3n) is 1.83. The second kappa shape index (κ2) is 4.62. The van der Waals surface area contributed by atoms with E-state index in [9.17, 15) is 9.00 Å². The minimum Gasteiger partial charge on any atom is -0.303 e. The highest BCUT2D eigenvalue weighted by Crippen LogP contribution is 1.99. The van der Waals surface area contributed by atoms with Crippen LogP contribution in [0, 0.1) is 0 Å². The molecular formula is C7H13NO2S. The summed E-state index contributed by atoms with van der Waals surface area (Å²) < 4.78 is 10.9. The molecule has 1 fully saturated rings. The summed E-state index contributed by atoms with van der Waals surface area (Å²) in [6.07, 6.45) is 1.54. The Balaban J connectivity index is 2.16. The lowest BCUT2D eigenvalue weighted by Gasteiger charge is -2.24. The van der Waals surface area contributed by atoms with Crippen LogP contribution in [-0.2, 0) is 15.6 Å². The van der Waals surface area contributed by atoms with Gasteiger partial charge in [0.1, 0.15) is 6.29 Å². The van der Waals surface area contributed by atoms with Gasteiger partial charge in [-0.1, -0.05) is 0 Å². The largest absolute Gasteiger partial charge is 0.303 e. The molecule has 0 aromatic heterocycles. The van der Waals surface area contributed by atoms with Crippen molar-refractivity contribution in [3.63, 3.8) is 0 Å². The second-order valence-corrected chi connectivity index (χ2v) is 4.34. The molecule has 1 aliphatic rings. The molecule has 1 rings (SSSR count). The highest BCUT2D eigenvalue weighted by Gasteiger charge is 2.13. The molecule has 0 aromatic rings. The third kappa shape index (κ3) is 3.12. The van der Waals surface area contributed by atoms with Gasteiger partial charge in [0.15, 0.2) is 0 Å². The molecule has 64 valence electrons. The maximum Gasteiger partial charge on any atom is 0.121 e. The first-order chi connectivity index (χ1) is 5.33. The summed E-state index contributed by atoms with van der Waals surface area (Å²) in [6, 6.07) is 0. The quantitative estimate of drug-likeness (QED) is 0.550. The van der Waals surface area contributed by atoms with E-state index in [0.29, 0.717) is 6.42 Å². The van der Waals surface area contributed by atoms with Crippen molar-refractivity contribution in [2.24, 2.45) is 0 Å². The van der Waals surface area contributed by atoms with E-state index >= 15 is 0 Å². The number of nitrogens with zero attached hydrogens (tertiary/aromatic N) is 1. The van der Waals surface area contributed by atoms with Gasteiger partial charge in [-0.2, -0.15) is 0 Å². The van der Waals surface area contributed by atoms with E-state index < -0.39 is 10.8 Å². The molecule has 0 amide bonds. The van der Waals surface area contributed by atoms with E-state index in [2.05, 4.69) is 4.90 Å². The number of carbonyl (C=O) groups is 1. The van der Waals surface area contributed by atoms with E-state index in [0.717, 1.165) is 37.4 Å². The summed E-state index contributed by atoms with van der Waals surface area (Å²) in [5.41, 5.74) is 0. The fourth-order valence-corrected chi connectivity index (χ4v) is 2.26. The number of carbonyl (C=O) groups excluding carboxylic acids is 1. The van der Waals surface area contributed by atoms with Gasteiger partial charge in [-0.25, -0.2) is 0 Å². The Hall–Kier alpha value is -0.220. The zero-order valence-electron chi connectivity index (χ0n) is 6.49. The number of aldehydes is 1. The highest BCUT2D eigenvalue weighted by molar-refractivity contribution is 7.85. The van der Waals surface area contributed by atoms with E-state index in [1.54, 1.807) is 0 Å². The Morgan fingerprint density at radius 3 is 2.55 bits per heavy atom. The number of rotatable bonds is 3. The van der Waals surface area contributed by atoms with Crippen molar-refractivity contribution in [2.45, 2.75) is 6.42 Å². The van der Waals surface area contributed by atoms with Crippen LogP contribution in [-0.4, -0.2) is 46.5 Å². The van der Waals surface area contributed by atoms with Crippen LogP contribution >= 0.6 is 0 Å². The fraction of sp³-hybridized carbons (Fsp3) is 0.857. The molecule has 0 bridgehead atoms. The lowest BCUT2D eigenvalue weighted by molar-refractivity contribution is -0.108. The van der Waals surface area contributed by atoms with E-state index in [-0.39, 0.29) is 0 Å². The molecule has 0 spiro atoms. The van der Waals surface area contributed by atoms with E-state index in [1.807, 2.05) is 0 Å². The zero-order valence-corrected chi connectivity index (χ0v) is 7.31. The molecule has 0 aliphatic carbocycles. The Kier molecular flexibility index (Phi) is 3.72. The van der Waals surface area contributed by atoms with Crippen molar-refractivity contribution in [1.82, 2.24) is 4.90 Å². The first-order valence-electron chi connectivity index (χ1n) is 3.84. The predicted octanol–water partition coefficient (Wildman–Crippen LogP) is -0.360. The van der Waals surface area contributed by atoms with Gasteiger partial charge >= 0.3 is 0 Å².